The summed E-state index contributed by atoms with van der Waals surface area (Å²) in [5.41, 5.74) is 0. The molecule has 4 heteroatoms. The normalized spacial score (nSPS) is 14.6. The number of hydrogen-bond acceptors (Lipinski definition) is 2. The Morgan fingerprint density at radius 1 is 1.25 bits per heavy atom. The van der Waals surface area contributed by atoms with Gasteiger partial charge in [-0.15, -0.1) is 0 Å². The van der Waals surface area contributed by atoms with E-state index in [-0.39, 0.29) is 5.25 Å². The summed E-state index contributed by atoms with van der Waals surface area (Å²) in [6, 6.07) is 0. The molecular formula is C8H19NO2S. The predicted octanol–water partition coefficient (Wildman–Crippen LogP) is 1.63. The molecule has 0 saturated heterocycles. The predicted molar refractivity (Wildman–Crippen MR) is 51.3 cm³/mol. The molecule has 0 rings (SSSR count). The molecule has 1 atom stereocenters. The van der Waals surface area contributed by atoms with Gasteiger partial charge in [0.05, 0.1) is 5.25 Å². The highest BCUT2D eigenvalue weighted by Crippen LogP contribution is 2.09. The highest BCUT2D eigenvalue weighted by atomic mass is 32.2. The first kappa shape index (κ1) is 11.9. The highest BCUT2D eigenvalue weighted by Gasteiger charge is 2.13. The third-order valence-corrected chi connectivity index (χ3v) is 3.38. The van der Waals surface area contributed by atoms with Gasteiger partial charge < -0.3 is 0 Å². The van der Waals surface area contributed by atoms with Crippen LogP contribution in [0.25, 0.3) is 0 Å². The van der Waals surface area contributed by atoms with Crippen LogP contribution in [0.1, 0.15) is 46.0 Å². The molecule has 0 aliphatic rings. The second-order valence-electron chi connectivity index (χ2n) is 3.25. The zero-order chi connectivity index (χ0) is 9.61. The molecule has 0 heterocycles. The van der Waals surface area contributed by atoms with E-state index in [0.29, 0.717) is 6.42 Å². The van der Waals surface area contributed by atoms with Gasteiger partial charge in [0, 0.05) is 0 Å². The molecule has 0 aliphatic carbocycles. The minimum atomic E-state index is -3.29. The summed E-state index contributed by atoms with van der Waals surface area (Å²) >= 11 is 0. The fourth-order valence-corrected chi connectivity index (χ4v) is 1.52. The van der Waals surface area contributed by atoms with Crippen LogP contribution < -0.4 is 5.14 Å². The Balaban J connectivity index is 3.52. The molecule has 0 aliphatic heterocycles. The summed E-state index contributed by atoms with van der Waals surface area (Å²) in [5.74, 6) is 0. The van der Waals surface area contributed by atoms with Gasteiger partial charge in [0.25, 0.3) is 0 Å². The van der Waals surface area contributed by atoms with Crippen LogP contribution in [0.5, 0.6) is 0 Å². The molecule has 12 heavy (non-hydrogen) atoms. The number of unbranched alkanes of at least 4 members (excludes halogenated alkanes) is 3. The lowest BCUT2D eigenvalue weighted by Crippen LogP contribution is -2.25. The number of hydrogen-bond donors (Lipinski definition) is 1. The summed E-state index contributed by atoms with van der Waals surface area (Å²) < 4.78 is 21.5. The van der Waals surface area contributed by atoms with Gasteiger partial charge >= 0.3 is 0 Å². The maximum atomic E-state index is 10.8. The number of rotatable bonds is 6. The fraction of sp³-hybridized carbons (Fsp3) is 1.00. The van der Waals surface area contributed by atoms with Gasteiger partial charge in [-0.2, -0.15) is 0 Å². The molecule has 0 saturated carbocycles. The minimum absolute atomic E-state index is 0.380. The van der Waals surface area contributed by atoms with E-state index < -0.39 is 10.0 Å². The van der Waals surface area contributed by atoms with Gasteiger partial charge in [-0.25, -0.2) is 13.6 Å². The van der Waals surface area contributed by atoms with E-state index in [0.717, 1.165) is 12.8 Å². The lowest BCUT2D eigenvalue weighted by molar-refractivity contribution is 0.564. The molecule has 2 N–H and O–H groups in total. The van der Waals surface area contributed by atoms with Crippen molar-refractivity contribution in [3.8, 4) is 0 Å². The number of sulfonamides is 1. The zero-order valence-corrected chi connectivity index (χ0v) is 8.73. The highest BCUT2D eigenvalue weighted by molar-refractivity contribution is 7.89. The summed E-state index contributed by atoms with van der Waals surface area (Å²) in [7, 11) is -3.29. The van der Waals surface area contributed by atoms with Crippen LogP contribution in [-0.2, 0) is 10.0 Å². The van der Waals surface area contributed by atoms with Crippen LogP contribution in [0.3, 0.4) is 0 Å². The number of nitrogens with two attached hydrogens (primary N) is 1. The maximum absolute atomic E-state index is 10.8. The third kappa shape index (κ3) is 5.55. The van der Waals surface area contributed by atoms with Crippen molar-refractivity contribution < 1.29 is 8.42 Å². The molecule has 0 spiro atoms. The standard InChI is InChI=1S/C8H19NO2S/c1-3-4-5-6-7-8(2)12(9,10)11/h8H,3-7H2,1-2H3,(H2,9,10,11). The lowest BCUT2D eigenvalue weighted by Gasteiger charge is -2.07. The molecule has 0 radical (unpaired) electrons. The van der Waals surface area contributed by atoms with E-state index in [2.05, 4.69) is 6.92 Å². The van der Waals surface area contributed by atoms with Crippen molar-refractivity contribution in [2.45, 2.75) is 51.2 Å². The fourth-order valence-electron chi connectivity index (χ4n) is 1.02. The molecule has 0 aromatic rings. The Kier molecular flexibility index (Phi) is 5.50. The third-order valence-electron chi connectivity index (χ3n) is 2.03. The Morgan fingerprint density at radius 3 is 2.25 bits per heavy atom. The van der Waals surface area contributed by atoms with Crippen LogP contribution in [0.15, 0.2) is 0 Å². The van der Waals surface area contributed by atoms with E-state index in [9.17, 15) is 8.42 Å². The van der Waals surface area contributed by atoms with Crippen molar-refractivity contribution in [2.24, 2.45) is 5.14 Å². The largest absolute Gasteiger partial charge is 0.228 e. The first-order valence-corrected chi connectivity index (χ1v) is 6.11. The Labute approximate surface area is 75.4 Å². The molecule has 0 bridgehead atoms. The summed E-state index contributed by atoms with van der Waals surface area (Å²) in [5, 5.41) is 4.59. The second-order valence-corrected chi connectivity index (χ2v) is 5.23. The van der Waals surface area contributed by atoms with Crippen molar-refractivity contribution in [3.63, 3.8) is 0 Å². The molecule has 0 aromatic carbocycles. The molecule has 0 aromatic heterocycles. The molecule has 0 fully saturated rings. The Morgan fingerprint density at radius 2 is 1.83 bits per heavy atom. The Hall–Kier alpha value is -0.0900. The summed E-state index contributed by atoms with van der Waals surface area (Å²) in [6.45, 7) is 3.80. The quantitative estimate of drug-likeness (QED) is 0.652. The average molecular weight is 193 g/mol. The van der Waals surface area contributed by atoms with Gasteiger partial charge in [0.2, 0.25) is 10.0 Å². The van der Waals surface area contributed by atoms with Crippen LogP contribution in [-0.4, -0.2) is 13.7 Å². The van der Waals surface area contributed by atoms with Crippen molar-refractivity contribution in [1.29, 1.82) is 0 Å². The molecule has 3 nitrogen and oxygen atoms in total. The second kappa shape index (κ2) is 5.54. The van der Waals surface area contributed by atoms with Crippen molar-refractivity contribution in [1.82, 2.24) is 0 Å². The van der Waals surface area contributed by atoms with Gasteiger partial charge in [-0.3, -0.25) is 0 Å². The van der Waals surface area contributed by atoms with E-state index in [4.69, 9.17) is 5.14 Å². The van der Waals surface area contributed by atoms with Gasteiger partial charge in [-0.05, 0) is 13.3 Å². The average Bonchev–Trinajstić information content (AvgIpc) is 1.96. The van der Waals surface area contributed by atoms with Gasteiger partial charge in [0.1, 0.15) is 0 Å². The first-order valence-electron chi connectivity index (χ1n) is 4.50. The molecule has 74 valence electrons. The zero-order valence-electron chi connectivity index (χ0n) is 7.91. The topological polar surface area (TPSA) is 60.2 Å². The van der Waals surface area contributed by atoms with E-state index in [1.165, 1.54) is 12.8 Å². The van der Waals surface area contributed by atoms with Crippen LogP contribution in [0.4, 0.5) is 0 Å². The minimum Gasteiger partial charge on any atom is -0.228 e. The lowest BCUT2D eigenvalue weighted by atomic mass is 10.1. The summed E-state index contributed by atoms with van der Waals surface area (Å²) in [6.07, 6.45) is 5.11. The Bertz CT molecular complexity index is 199. The molecule has 0 amide bonds. The van der Waals surface area contributed by atoms with Gasteiger partial charge in [0.15, 0.2) is 0 Å². The first-order chi connectivity index (χ1) is 5.48. The van der Waals surface area contributed by atoms with E-state index in [1.807, 2.05) is 0 Å². The summed E-state index contributed by atoms with van der Waals surface area (Å²) in [4.78, 5) is 0. The monoisotopic (exact) mass is 193 g/mol. The van der Waals surface area contributed by atoms with Crippen molar-refractivity contribution >= 4 is 10.0 Å². The van der Waals surface area contributed by atoms with Crippen molar-refractivity contribution in [3.05, 3.63) is 0 Å². The van der Waals surface area contributed by atoms with E-state index >= 15 is 0 Å². The smallest absolute Gasteiger partial charge is 0.211 e. The van der Waals surface area contributed by atoms with Crippen LogP contribution in [0.2, 0.25) is 0 Å². The molecule has 1 unspecified atom stereocenters. The van der Waals surface area contributed by atoms with Gasteiger partial charge in [-0.1, -0.05) is 32.6 Å². The maximum Gasteiger partial charge on any atom is 0.211 e. The SMILES string of the molecule is CCCCCCC(C)S(N)(=O)=O. The van der Waals surface area contributed by atoms with Crippen LogP contribution >= 0.6 is 0 Å². The molecular weight excluding hydrogens is 174 g/mol. The number of primary sulfonamides is 1. The van der Waals surface area contributed by atoms with Crippen molar-refractivity contribution in [2.75, 3.05) is 0 Å². The van der Waals surface area contributed by atoms with Crippen LogP contribution in [0, 0.1) is 0 Å². The van der Waals surface area contributed by atoms with E-state index in [1.54, 1.807) is 6.92 Å².